The Balaban J connectivity index is 0. The Kier molecular flexibility index (Phi) is 14.0. The number of hydrogen-bond acceptors (Lipinski definition) is 1. The number of carbonyl (C=O) groups excluding carboxylic acids is 1. The Morgan fingerprint density at radius 1 is 1.13 bits per heavy atom. The van der Waals surface area contributed by atoms with Crippen LogP contribution in [-0.2, 0) is 4.79 Å². The van der Waals surface area contributed by atoms with E-state index < -0.39 is 0 Å². The van der Waals surface area contributed by atoms with E-state index in [0.29, 0.717) is 6.42 Å². The summed E-state index contributed by atoms with van der Waals surface area (Å²) in [5.41, 5.74) is 1.19. The number of unbranched alkanes of at least 4 members (excludes halogenated alkanes) is 1. The van der Waals surface area contributed by atoms with Gasteiger partial charge < -0.3 is 4.79 Å². The molecular formula is C14H24O. The van der Waals surface area contributed by atoms with Crippen molar-refractivity contribution in [3.63, 3.8) is 0 Å². The van der Waals surface area contributed by atoms with E-state index in [1.165, 1.54) is 5.57 Å². The molecule has 0 heterocycles. The van der Waals surface area contributed by atoms with E-state index in [2.05, 4.69) is 13.2 Å². The van der Waals surface area contributed by atoms with Crippen molar-refractivity contribution >= 4 is 5.78 Å². The van der Waals surface area contributed by atoms with E-state index in [0.717, 1.165) is 19.3 Å². The lowest BCUT2D eigenvalue weighted by Gasteiger charge is -1.99. The third-order valence-electron chi connectivity index (χ3n) is 1.84. The van der Waals surface area contributed by atoms with Crippen molar-refractivity contribution in [2.24, 2.45) is 0 Å². The minimum atomic E-state index is 0.271. The highest BCUT2D eigenvalue weighted by Crippen LogP contribution is 2.09. The van der Waals surface area contributed by atoms with Gasteiger partial charge in [0.15, 0.2) is 0 Å². The summed E-state index contributed by atoms with van der Waals surface area (Å²) in [6.45, 7) is 13.0. The van der Waals surface area contributed by atoms with Crippen LogP contribution in [0, 0.1) is 0 Å². The maximum absolute atomic E-state index is 10.6. The highest BCUT2D eigenvalue weighted by atomic mass is 16.1. The largest absolute Gasteiger partial charge is 0.300 e. The third-order valence-corrected chi connectivity index (χ3v) is 1.84. The Labute approximate surface area is 94.6 Å². The molecular weight excluding hydrogens is 184 g/mol. The molecule has 0 amide bonds. The predicted octanol–water partition coefficient (Wildman–Crippen LogP) is 4.46. The van der Waals surface area contributed by atoms with Gasteiger partial charge in [0.1, 0.15) is 5.78 Å². The summed E-state index contributed by atoms with van der Waals surface area (Å²) in [7, 11) is 0. The van der Waals surface area contributed by atoms with Gasteiger partial charge in [0.25, 0.3) is 0 Å². The normalized spacial score (nSPS) is 9.93. The molecule has 0 saturated carbocycles. The van der Waals surface area contributed by atoms with Gasteiger partial charge in [-0.3, -0.25) is 0 Å². The maximum Gasteiger partial charge on any atom is 0.129 e. The smallest absolute Gasteiger partial charge is 0.129 e. The van der Waals surface area contributed by atoms with E-state index in [4.69, 9.17) is 0 Å². The second-order valence-corrected chi connectivity index (χ2v) is 3.09. The standard InChI is InChI=1S/C12H18O.C2H6/c1-4-8-12(5-2)10-7-6-9-11(3)13;1-2/h4-5,8H,1-2,6-7,9-10H2,3H3;1-2H3/b12-8+;. The van der Waals surface area contributed by atoms with Gasteiger partial charge in [-0.15, -0.1) is 0 Å². The van der Waals surface area contributed by atoms with Crippen LogP contribution in [-0.4, -0.2) is 5.78 Å². The molecule has 0 aromatic rings. The van der Waals surface area contributed by atoms with Crippen LogP contribution in [0.25, 0.3) is 0 Å². The van der Waals surface area contributed by atoms with Gasteiger partial charge in [0.2, 0.25) is 0 Å². The monoisotopic (exact) mass is 208 g/mol. The lowest BCUT2D eigenvalue weighted by atomic mass is 10.1. The first-order valence-corrected chi connectivity index (χ1v) is 5.64. The molecule has 0 atom stereocenters. The molecule has 0 rings (SSSR count). The second-order valence-electron chi connectivity index (χ2n) is 3.09. The lowest BCUT2D eigenvalue weighted by molar-refractivity contribution is -0.117. The molecule has 0 fully saturated rings. The van der Waals surface area contributed by atoms with E-state index >= 15 is 0 Å². The average molecular weight is 208 g/mol. The maximum atomic E-state index is 10.6. The molecule has 0 spiro atoms. The predicted molar refractivity (Wildman–Crippen MR) is 69.0 cm³/mol. The molecule has 0 aliphatic rings. The summed E-state index contributed by atoms with van der Waals surface area (Å²) in [5, 5.41) is 0. The van der Waals surface area contributed by atoms with Crippen molar-refractivity contribution in [3.05, 3.63) is 37.0 Å². The number of rotatable bonds is 7. The SMILES string of the molecule is C=C/C=C(\C=C)CCCCC(C)=O.CC. The molecule has 15 heavy (non-hydrogen) atoms. The summed E-state index contributed by atoms with van der Waals surface area (Å²) < 4.78 is 0. The van der Waals surface area contributed by atoms with E-state index in [1.807, 2.05) is 26.0 Å². The van der Waals surface area contributed by atoms with Gasteiger partial charge in [-0.2, -0.15) is 0 Å². The zero-order chi connectivity index (χ0) is 12.1. The Hall–Kier alpha value is -1.11. The fraction of sp³-hybridized carbons (Fsp3) is 0.500. The van der Waals surface area contributed by atoms with E-state index in [9.17, 15) is 4.79 Å². The van der Waals surface area contributed by atoms with Gasteiger partial charge in [0, 0.05) is 6.42 Å². The van der Waals surface area contributed by atoms with E-state index in [1.54, 1.807) is 13.0 Å². The quantitative estimate of drug-likeness (QED) is 0.446. The zero-order valence-electron chi connectivity index (χ0n) is 10.4. The van der Waals surface area contributed by atoms with E-state index in [-0.39, 0.29) is 5.78 Å². The fourth-order valence-corrected chi connectivity index (χ4v) is 1.11. The lowest BCUT2D eigenvalue weighted by Crippen LogP contribution is -1.89. The molecule has 0 aromatic carbocycles. The molecule has 1 nitrogen and oxygen atoms in total. The van der Waals surface area contributed by atoms with Gasteiger partial charge >= 0.3 is 0 Å². The number of allylic oxidation sites excluding steroid dienone is 4. The second kappa shape index (κ2) is 12.9. The van der Waals surface area contributed by atoms with Crippen LogP contribution in [0.2, 0.25) is 0 Å². The highest BCUT2D eigenvalue weighted by Gasteiger charge is 1.95. The number of Topliss-reactive ketones (excluding diaryl/α,β-unsaturated/α-hetero) is 1. The van der Waals surface area contributed by atoms with Crippen molar-refractivity contribution in [2.45, 2.75) is 46.5 Å². The molecule has 86 valence electrons. The molecule has 0 N–H and O–H groups in total. The molecule has 0 aromatic heterocycles. The van der Waals surface area contributed by atoms with Gasteiger partial charge in [-0.1, -0.05) is 45.2 Å². The van der Waals surface area contributed by atoms with Crippen molar-refractivity contribution in [1.29, 1.82) is 0 Å². The first-order chi connectivity index (χ1) is 7.20. The molecule has 0 saturated heterocycles. The van der Waals surface area contributed by atoms with Crippen LogP contribution in [0.3, 0.4) is 0 Å². The van der Waals surface area contributed by atoms with Crippen LogP contribution in [0.5, 0.6) is 0 Å². The van der Waals surface area contributed by atoms with Crippen molar-refractivity contribution < 1.29 is 4.79 Å². The summed E-state index contributed by atoms with van der Waals surface area (Å²) >= 11 is 0. The minimum Gasteiger partial charge on any atom is -0.300 e. The first kappa shape index (κ1) is 16.3. The Morgan fingerprint density at radius 2 is 1.67 bits per heavy atom. The van der Waals surface area contributed by atoms with Crippen LogP contribution in [0.15, 0.2) is 37.0 Å². The van der Waals surface area contributed by atoms with Crippen LogP contribution < -0.4 is 0 Å². The molecule has 0 radical (unpaired) electrons. The molecule has 1 heteroatoms. The van der Waals surface area contributed by atoms with Crippen molar-refractivity contribution in [2.75, 3.05) is 0 Å². The summed E-state index contributed by atoms with van der Waals surface area (Å²) in [6, 6.07) is 0. The van der Waals surface area contributed by atoms with Gasteiger partial charge in [-0.05, 0) is 31.8 Å². The Bertz CT molecular complexity index is 211. The summed E-state index contributed by atoms with van der Waals surface area (Å²) in [4.78, 5) is 10.6. The molecule has 0 aliphatic carbocycles. The Morgan fingerprint density at radius 3 is 2.07 bits per heavy atom. The highest BCUT2D eigenvalue weighted by molar-refractivity contribution is 5.75. The van der Waals surface area contributed by atoms with Gasteiger partial charge in [0.05, 0.1) is 0 Å². The molecule has 0 bridgehead atoms. The summed E-state index contributed by atoms with van der Waals surface area (Å²) in [5.74, 6) is 0.271. The number of hydrogen-bond donors (Lipinski definition) is 0. The number of carbonyl (C=O) groups is 1. The van der Waals surface area contributed by atoms with Crippen molar-refractivity contribution in [1.82, 2.24) is 0 Å². The van der Waals surface area contributed by atoms with Gasteiger partial charge in [-0.25, -0.2) is 0 Å². The van der Waals surface area contributed by atoms with Crippen molar-refractivity contribution in [3.8, 4) is 0 Å². The third kappa shape index (κ3) is 12.9. The fourth-order valence-electron chi connectivity index (χ4n) is 1.11. The molecule has 0 unspecified atom stereocenters. The van der Waals surface area contributed by atoms with Crippen LogP contribution in [0.4, 0.5) is 0 Å². The number of ketones is 1. The van der Waals surface area contributed by atoms with Crippen LogP contribution >= 0.6 is 0 Å². The van der Waals surface area contributed by atoms with Crippen LogP contribution in [0.1, 0.15) is 46.5 Å². The average Bonchev–Trinajstić information content (AvgIpc) is 2.25. The topological polar surface area (TPSA) is 17.1 Å². The summed E-state index contributed by atoms with van der Waals surface area (Å²) in [6.07, 6.45) is 9.27. The molecule has 0 aliphatic heterocycles. The zero-order valence-corrected chi connectivity index (χ0v) is 10.4. The minimum absolute atomic E-state index is 0.271. The first-order valence-electron chi connectivity index (χ1n) is 5.64.